The van der Waals surface area contributed by atoms with Gasteiger partial charge in [-0.05, 0) is 12.1 Å². The highest BCUT2D eigenvalue weighted by atomic mass is 16.5. The molecule has 2 rings (SSSR count). The lowest BCUT2D eigenvalue weighted by molar-refractivity contribution is 0.371. The Labute approximate surface area is 86.1 Å². The van der Waals surface area contributed by atoms with E-state index in [-0.39, 0.29) is 11.6 Å². The van der Waals surface area contributed by atoms with Crippen molar-refractivity contribution in [2.75, 3.05) is 12.8 Å². The number of hydrogen-bond acceptors (Lipinski definition) is 5. The van der Waals surface area contributed by atoms with Crippen molar-refractivity contribution in [1.29, 1.82) is 0 Å². The van der Waals surface area contributed by atoms with E-state index >= 15 is 0 Å². The monoisotopic (exact) mass is 206 g/mol. The van der Waals surface area contributed by atoms with E-state index in [0.717, 1.165) is 0 Å². The summed E-state index contributed by atoms with van der Waals surface area (Å²) in [5.74, 6) is 1.13. The second-order valence-corrected chi connectivity index (χ2v) is 2.97. The van der Waals surface area contributed by atoms with Gasteiger partial charge in [-0.3, -0.25) is 0 Å². The van der Waals surface area contributed by atoms with Crippen molar-refractivity contribution in [3.8, 4) is 22.8 Å². The maximum absolute atomic E-state index is 9.54. The molecule has 0 saturated carbocycles. The van der Waals surface area contributed by atoms with Crippen LogP contribution in [0.4, 0.5) is 5.82 Å². The third-order valence-electron chi connectivity index (χ3n) is 1.99. The smallest absolute Gasteiger partial charge is 0.172 e. The molecule has 0 saturated heterocycles. The molecular weight excluding hydrogens is 196 g/mol. The Morgan fingerprint density at radius 1 is 1.47 bits per heavy atom. The fraction of sp³-hybridized carbons (Fsp3) is 0.100. The zero-order valence-corrected chi connectivity index (χ0v) is 8.10. The molecule has 0 bridgehead atoms. The van der Waals surface area contributed by atoms with Crippen molar-refractivity contribution in [2.45, 2.75) is 0 Å². The quantitative estimate of drug-likeness (QED) is 0.780. The zero-order chi connectivity index (χ0) is 10.8. The molecule has 3 N–H and O–H groups in total. The number of nitrogen functional groups attached to an aromatic ring is 1. The van der Waals surface area contributed by atoms with Crippen molar-refractivity contribution < 1.29 is 14.4 Å². The Balaban J connectivity index is 2.57. The Hall–Kier alpha value is -2.17. The standard InChI is InChI=1S/C10H10N2O3/c1-14-10-6(3-2-4-7(10)13)8-5-9(11)12-15-8/h2-5,13H,1H3,(H2,11,12). The lowest BCUT2D eigenvalue weighted by Crippen LogP contribution is -1.87. The van der Waals surface area contributed by atoms with Gasteiger partial charge in [-0.2, -0.15) is 0 Å². The molecule has 0 atom stereocenters. The number of anilines is 1. The first-order valence-corrected chi connectivity index (χ1v) is 4.31. The van der Waals surface area contributed by atoms with Crippen LogP contribution in [0, 0.1) is 0 Å². The van der Waals surface area contributed by atoms with Gasteiger partial charge in [0.1, 0.15) is 0 Å². The minimum Gasteiger partial charge on any atom is -0.504 e. The predicted molar refractivity (Wildman–Crippen MR) is 54.6 cm³/mol. The molecular formula is C10H10N2O3. The highest BCUT2D eigenvalue weighted by Crippen LogP contribution is 2.37. The van der Waals surface area contributed by atoms with Crippen LogP contribution < -0.4 is 10.5 Å². The second-order valence-electron chi connectivity index (χ2n) is 2.97. The van der Waals surface area contributed by atoms with Crippen LogP contribution in [0.2, 0.25) is 0 Å². The fourth-order valence-corrected chi connectivity index (χ4v) is 1.35. The van der Waals surface area contributed by atoms with Crippen LogP contribution in [-0.2, 0) is 0 Å². The van der Waals surface area contributed by atoms with Crippen molar-refractivity contribution in [3.63, 3.8) is 0 Å². The van der Waals surface area contributed by atoms with Gasteiger partial charge < -0.3 is 20.1 Å². The van der Waals surface area contributed by atoms with Crippen LogP contribution in [0.25, 0.3) is 11.3 Å². The number of phenolic OH excluding ortho intramolecular Hbond substituents is 1. The molecule has 1 aromatic heterocycles. The molecule has 1 aromatic carbocycles. The summed E-state index contributed by atoms with van der Waals surface area (Å²) in [6, 6.07) is 6.53. The summed E-state index contributed by atoms with van der Waals surface area (Å²) >= 11 is 0. The van der Waals surface area contributed by atoms with Crippen LogP contribution in [0.5, 0.6) is 11.5 Å². The van der Waals surface area contributed by atoms with Gasteiger partial charge in [0.25, 0.3) is 0 Å². The van der Waals surface area contributed by atoms with Crippen molar-refractivity contribution in [1.82, 2.24) is 5.16 Å². The van der Waals surface area contributed by atoms with Crippen LogP contribution in [0.1, 0.15) is 0 Å². The van der Waals surface area contributed by atoms with E-state index in [1.165, 1.54) is 13.2 Å². The molecule has 1 heterocycles. The Kier molecular flexibility index (Phi) is 2.21. The van der Waals surface area contributed by atoms with E-state index in [1.807, 2.05) is 0 Å². The Bertz CT molecular complexity index is 479. The minimum atomic E-state index is 0.0463. The van der Waals surface area contributed by atoms with Gasteiger partial charge >= 0.3 is 0 Å². The number of methoxy groups -OCH3 is 1. The van der Waals surface area contributed by atoms with Crippen molar-refractivity contribution in [2.24, 2.45) is 0 Å². The Morgan fingerprint density at radius 2 is 2.27 bits per heavy atom. The molecule has 0 amide bonds. The number of rotatable bonds is 2. The van der Waals surface area contributed by atoms with Crippen LogP contribution in [0.3, 0.4) is 0 Å². The van der Waals surface area contributed by atoms with Crippen molar-refractivity contribution in [3.05, 3.63) is 24.3 Å². The number of hydrogen-bond donors (Lipinski definition) is 2. The lowest BCUT2D eigenvalue weighted by atomic mass is 10.1. The second kappa shape index (κ2) is 3.53. The van der Waals surface area contributed by atoms with E-state index in [1.54, 1.807) is 18.2 Å². The average molecular weight is 206 g/mol. The summed E-state index contributed by atoms with van der Waals surface area (Å²) in [5.41, 5.74) is 6.05. The fourth-order valence-electron chi connectivity index (χ4n) is 1.35. The molecule has 0 aliphatic heterocycles. The first kappa shape index (κ1) is 9.39. The zero-order valence-electron chi connectivity index (χ0n) is 8.10. The van der Waals surface area contributed by atoms with Crippen LogP contribution >= 0.6 is 0 Å². The number of aromatic nitrogens is 1. The molecule has 0 radical (unpaired) electrons. The molecule has 0 aliphatic carbocycles. The number of aromatic hydroxyl groups is 1. The van der Waals surface area contributed by atoms with E-state index < -0.39 is 0 Å². The molecule has 0 unspecified atom stereocenters. The first-order valence-electron chi connectivity index (χ1n) is 4.31. The SMILES string of the molecule is COc1c(O)cccc1-c1cc(N)no1. The van der Waals surface area contributed by atoms with Crippen LogP contribution in [0.15, 0.2) is 28.8 Å². The molecule has 0 fully saturated rings. The summed E-state index contributed by atoms with van der Waals surface area (Å²) in [4.78, 5) is 0. The maximum atomic E-state index is 9.54. The molecule has 78 valence electrons. The number of nitrogens with zero attached hydrogens (tertiary/aromatic N) is 1. The molecule has 15 heavy (non-hydrogen) atoms. The predicted octanol–water partition coefficient (Wildman–Crippen LogP) is 1.64. The topological polar surface area (TPSA) is 81.5 Å². The van der Waals surface area contributed by atoms with E-state index in [2.05, 4.69) is 5.16 Å². The van der Waals surface area contributed by atoms with Gasteiger partial charge in [0.2, 0.25) is 0 Å². The van der Waals surface area contributed by atoms with Gasteiger partial charge in [0.15, 0.2) is 23.1 Å². The first-order chi connectivity index (χ1) is 7.22. The molecule has 2 aromatic rings. The van der Waals surface area contributed by atoms with Crippen molar-refractivity contribution >= 4 is 5.82 Å². The lowest BCUT2D eigenvalue weighted by Gasteiger charge is -2.06. The third-order valence-corrected chi connectivity index (χ3v) is 1.99. The summed E-state index contributed by atoms with van der Waals surface area (Å²) in [5, 5.41) is 13.1. The van der Waals surface area contributed by atoms with E-state index in [9.17, 15) is 5.11 Å². The maximum Gasteiger partial charge on any atom is 0.172 e. The molecule has 0 aliphatic rings. The number of para-hydroxylation sites is 1. The normalized spacial score (nSPS) is 10.2. The highest BCUT2D eigenvalue weighted by molar-refractivity contribution is 5.70. The molecule has 5 heteroatoms. The largest absolute Gasteiger partial charge is 0.504 e. The van der Waals surface area contributed by atoms with E-state index in [4.69, 9.17) is 15.0 Å². The van der Waals surface area contributed by atoms with Crippen LogP contribution in [-0.4, -0.2) is 17.4 Å². The van der Waals surface area contributed by atoms with Gasteiger partial charge in [0.05, 0.1) is 12.7 Å². The van der Waals surface area contributed by atoms with E-state index in [0.29, 0.717) is 17.1 Å². The summed E-state index contributed by atoms with van der Waals surface area (Å²) in [6.45, 7) is 0. The Morgan fingerprint density at radius 3 is 2.87 bits per heavy atom. The van der Waals surface area contributed by atoms with Gasteiger partial charge in [-0.25, -0.2) is 0 Å². The number of benzene rings is 1. The number of nitrogens with two attached hydrogens (primary N) is 1. The summed E-state index contributed by atoms with van der Waals surface area (Å²) in [7, 11) is 1.47. The minimum absolute atomic E-state index is 0.0463. The van der Waals surface area contributed by atoms with Gasteiger partial charge in [-0.15, -0.1) is 0 Å². The number of ether oxygens (including phenoxy) is 1. The molecule has 5 nitrogen and oxygen atoms in total. The van der Waals surface area contributed by atoms with Gasteiger partial charge in [-0.1, -0.05) is 11.2 Å². The van der Waals surface area contributed by atoms with Gasteiger partial charge in [0, 0.05) is 6.07 Å². The third kappa shape index (κ3) is 1.59. The summed E-state index contributed by atoms with van der Waals surface area (Å²) < 4.78 is 10.0. The molecule has 0 spiro atoms. The highest BCUT2D eigenvalue weighted by Gasteiger charge is 2.13. The number of phenols is 1. The summed E-state index contributed by atoms with van der Waals surface area (Å²) in [6.07, 6.45) is 0. The average Bonchev–Trinajstić information content (AvgIpc) is 2.64.